The predicted octanol–water partition coefficient (Wildman–Crippen LogP) is 2.07. The summed E-state index contributed by atoms with van der Waals surface area (Å²) in [5, 5.41) is 16.2. The Hall–Kier alpha value is -2.65. The molecule has 0 aliphatic carbocycles. The van der Waals surface area contributed by atoms with Gasteiger partial charge in [-0.05, 0) is 58.1 Å². The van der Waals surface area contributed by atoms with Gasteiger partial charge >= 0.3 is 0 Å². The van der Waals surface area contributed by atoms with Crippen molar-refractivity contribution in [3.8, 4) is 6.07 Å². The van der Waals surface area contributed by atoms with Crippen molar-refractivity contribution in [3.05, 3.63) is 53.3 Å². The largest absolute Gasteiger partial charge is 0.345 e. The molecular weight excluding hydrogens is 314 g/mol. The molecule has 0 atom stereocenters. The van der Waals surface area contributed by atoms with Crippen LogP contribution in [0.15, 0.2) is 36.5 Å². The van der Waals surface area contributed by atoms with E-state index in [0.717, 1.165) is 18.7 Å². The van der Waals surface area contributed by atoms with Crippen LogP contribution in [0.3, 0.4) is 0 Å². The van der Waals surface area contributed by atoms with E-state index < -0.39 is 5.54 Å². The number of hydrogen-bond acceptors (Lipinski definition) is 4. The average molecular weight is 339 g/mol. The fraction of sp³-hybridized carbons (Fsp3) is 0.421. The maximum absolute atomic E-state index is 12.5. The van der Waals surface area contributed by atoms with Crippen molar-refractivity contribution in [3.63, 3.8) is 0 Å². The van der Waals surface area contributed by atoms with Gasteiger partial charge in [0.15, 0.2) is 0 Å². The molecule has 2 aromatic rings. The highest BCUT2D eigenvalue weighted by Crippen LogP contribution is 2.14. The second-order valence-electron chi connectivity index (χ2n) is 7.09. The van der Waals surface area contributed by atoms with Gasteiger partial charge in [0, 0.05) is 18.3 Å². The number of hydrogen-bond donors (Lipinski definition) is 1. The Kier molecular flexibility index (Phi) is 5.94. The molecule has 1 amide bonds. The Balaban J connectivity index is 1.96. The zero-order valence-electron chi connectivity index (χ0n) is 15.3. The molecule has 0 saturated heterocycles. The lowest BCUT2D eigenvalue weighted by atomic mass is 9.94. The maximum atomic E-state index is 12.5. The lowest BCUT2D eigenvalue weighted by Crippen LogP contribution is -2.45. The second-order valence-corrected chi connectivity index (χ2v) is 7.09. The van der Waals surface area contributed by atoms with Crippen LogP contribution in [0.1, 0.15) is 35.5 Å². The summed E-state index contributed by atoms with van der Waals surface area (Å²) in [6, 6.07) is 11.3. The lowest BCUT2D eigenvalue weighted by Gasteiger charge is -2.26. The van der Waals surface area contributed by atoms with Gasteiger partial charge in [-0.15, -0.1) is 0 Å². The van der Waals surface area contributed by atoms with E-state index in [1.54, 1.807) is 22.9 Å². The van der Waals surface area contributed by atoms with Crippen LogP contribution in [0.2, 0.25) is 0 Å². The summed E-state index contributed by atoms with van der Waals surface area (Å²) in [6.07, 6.45) is 2.50. The topological polar surface area (TPSA) is 74.0 Å². The van der Waals surface area contributed by atoms with Gasteiger partial charge in [0.1, 0.15) is 5.69 Å². The van der Waals surface area contributed by atoms with Crippen LogP contribution < -0.4 is 5.32 Å². The van der Waals surface area contributed by atoms with E-state index in [2.05, 4.69) is 21.4 Å². The minimum absolute atomic E-state index is 0.178. The van der Waals surface area contributed by atoms with Gasteiger partial charge in [0.2, 0.25) is 0 Å². The van der Waals surface area contributed by atoms with Gasteiger partial charge in [-0.2, -0.15) is 10.4 Å². The van der Waals surface area contributed by atoms with Gasteiger partial charge in [-0.3, -0.25) is 9.48 Å². The smallest absolute Gasteiger partial charge is 0.272 e. The number of nitriles is 1. The molecule has 25 heavy (non-hydrogen) atoms. The molecule has 0 radical (unpaired) electrons. The van der Waals surface area contributed by atoms with Crippen LogP contribution in [0.4, 0.5) is 0 Å². The fourth-order valence-electron chi connectivity index (χ4n) is 2.53. The number of aromatic nitrogens is 2. The molecular formula is C19H25N5O. The van der Waals surface area contributed by atoms with Crippen molar-refractivity contribution in [2.75, 3.05) is 20.6 Å². The minimum atomic E-state index is -0.418. The van der Waals surface area contributed by atoms with E-state index >= 15 is 0 Å². The second kappa shape index (κ2) is 7.95. The van der Waals surface area contributed by atoms with Crippen molar-refractivity contribution < 1.29 is 4.79 Å². The first-order valence-corrected chi connectivity index (χ1v) is 8.29. The maximum Gasteiger partial charge on any atom is 0.272 e. The fourth-order valence-corrected chi connectivity index (χ4v) is 2.53. The zero-order chi connectivity index (χ0) is 18.4. The first-order chi connectivity index (χ1) is 11.8. The standard InChI is InChI=1S/C19H25N5O/c1-19(2,13-15-5-7-16(14-20)8-6-15)21-18(25)17-9-10-24(22-17)12-11-23(3)4/h5-10H,11-13H2,1-4H3,(H,21,25). The number of amides is 1. The molecule has 0 aliphatic rings. The van der Waals surface area contributed by atoms with Crippen LogP contribution in [0, 0.1) is 11.3 Å². The van der Waals surface area contributed by atoms with E-state index in [9.17, 15) is 4.79 Å². The summed E-state index contributed by atoms with van der Waals surface area (Å²) < 4.78 is 1.78. The van der Waals surface area contributed by atoms with Gasteiger partial charge < -0.3 is 10.2 Å². The SMILES string of the molecule is CN(C)CCn1ccc(C(=O)NC(C)(C)Cc2ccc(C#N)cc2)n1. The first-order valence-electron chi connectivity index (χ1n) is 8.29. The summed E-state index contributed by atoms with van der Waals surface area (Å²) in [7, 11) is 4.01. The van der Waals surface area contributed by atoms with E-state index in [-0.39, 0.29) is 5.91 Å². The van der Waals surface area contributed by atoms with E-state index in [4.69, 9.17) is 5.26 Å². The molecule has 0 saturated carbocycles. The van der Waals surface area contributed by atoms with Gasteiger partial charge in [-0.25, -0.2) is 0 Å². The first kappa shape index (κ1) is 18.7. The summed E-state index contributed by atoms with van der Waals surface area (Å²) >= 11 is 0. The van der Waals surface area contributed by atoms with Crippen molar-refractivity contribution in [1.29, 1.82) is 5.26 Å². The van der Waals surface area contributed by atoms with Crippen LogP contribution in [-0.4, -0.2) is 46.8 Å². The molecule has 2 rings (SSSR count). The number of benzene rings is 1. The lowest BCUT2D eigenvalue weighted by molar-refractivity contribution is 0.0907. The average Bonchev–Trinajstić information content (AvgIpc) is 3.02. The Labute approximate surface area is 149 Å². The Morgan fingerprint density at radius 3 is 2.56 bits per heavy atom. The Morgan fingerprint density at radius 1 is 1.28 bits per heavy atom. The number of rotatable bonds is 7. The number of nitrogens with one attached hydrogen (secondary N) is 1. The highest BCUT2D eigenvalue weighted by Gasteiger charge is 2.23. The van der Waals surface area contributed by atoms with Crippen LogP contribution in [-0.2, 0) is 13.0 Å². The van der Waals surface area contributed by atoms with Crippen molar-refractivity contribution in [2.24, 2.45) is 0 Å². The molecule has 1 aromatic carbocycles. The van der Waals surface area contributed by atoms with Crippen molar-refractivity contribution >= 4 is 5.91 Å². The number of likely N-dealkylation sites (N-methyl/N-ethyl adjacent to an activating group) is 1. The molecule has 1 heterocycles. The van der Waals surface area contributed by atoms with E-state index in [1.807, 2.05) is 46.3 Å². The predicted molar refractivity (Wildman–Crippen MR) is 97.2 cm³/mol. The zero-order valence-corrected chi connectivity index (χ0v) is 15.3. The van der Waals surface area contributed by atoms with Gasteiger partial charge in [0.05, 0.1) is 18.2 Å². The van der Waals surface area contributed by atoms with Crippen LogP contribution in [0.25, 0.3) is 0 Å². The summed E-state index contributed by atoms with van der Waals surface area (Å²) in [6.45, 7) is 5.57. The molecule has 132 valence electrons. The quantitative estimate of drug-likeness (QED) is 0.838. The van der Waals surface area contributed by atoms with E-state index in [0.29, 0.717) is 17.7 Å². The molecule has 1 aromatic heterocycles. The molecule has 0 fully saturated rings. The molecule has 6 nitrogen and oxygen atoms in total. The summed E-state index contributed by atoms with van der Waals surface area (Å²) in [5.74, 6) is -0.178. The normalized spacial score (nSPS) is 11.4. The number of carbonyl (C=O) groups excluding carboxylic acids is 1. The molecule has 0 bridgehead atoms. The molecule has 0 spiro atoms. The molecule has 0 aliphatic heterocycles. The van der Waals surface area contributed by atoms with Gasteiger partial charge in [-0.1, -0.05) is 12.1 Å². The summed E-state index contributed by atoms with van der Waals surface area (Å²) in [4.78, 5) is 14.5. The van der Waals surface area contributed by atoms with Crippen molar-refractivity contribution in [1.82, 2.24) is 20.0 Å². The van der Waals surface area contributed by atoms with Crippen molar-refractivity contribution in [2.45, 2.75) is 32.4 Å². The number of nitrogens with zero attached hydrogens (tertiary/aromatic N) is 4. The van der Waals surface area contributed by atoms with Gasteiger partial charge in [0.25, 0.3) is 5.91 Å². The summed E-state index contributed by atoms with van der Waals surface area (Å²) in [5.41, 5.74) is 1.71. The van der Waals surface area contributed by atoms with Crippen LogP contribution >= 0.6 is 0 Å². The number of carbonyl (C=O) groups is 1. The minimum Gasteiger partial charge on any atom is -0.345 e. The third kappa shape index (κ3) is 5.73. The molecule has 1 N–H and O–H groups in total. The Morgan fingerprint density at radius 2 is 1.96 bits per heavy atom. The van der Waals surface area contributed by atoms with E-state index in [1.165, 1.54) is 0 Å². The van der Waals surface area contributed by atoms with Crippen LogP contribution in [0.5, 0.6) is 0 Å². The Bertz CT molecular complexity index is 753. The third-order valence-electron chi connectivity index (χ3n) is 3.83. The molecule has 6 heteroatoms. The highest BCUT2D eigenvalue weighted by atomic mass is 16.2. The highest BCUT2D eigenvalue weighted by molar-refractivity contribution is 5.92. The molecule has 0 unspecified atom stereocenters. The third-order valence-corrected chi connectivity index (χ3v) is 3.83. The monoisotopic (exact) mass is 339 g/mol.